The van der Waals surface area contributed by atoms with Gasteiger partial charge in [0, 0.05) is 17.6 Å². The van der Waals surface area contributed by atoms with Gasteiger partial charge in [0.2, 0.25) is 0 Å². The third-order valence-corrected chi connectivity index (χ3v) is 4.30. The minimum absolute atomic E-state index is 0.343. The Morgan fingerprint density at radius 2 is 2.05 bits per heavy atom. The van der Waals surface area contributed by atoms with Crippen LogP contribution in [0.5, 0.6) is 5.75 Å². The normalized spacial score (nSPS) is 23.9. The average Bonchev–Trinajstić information content (AvgIpc) is 2.37. The van der Waals surface area contributed by atoms with Crippen LogP contribution in [0.25, 0.3) is 0 Å². The molecule has 1 aliphatic carbocycles. The molecular weight excluding hydrogens is 234 g/mol. The highest BCUT2D eigenvalue weighted by molar-refractivity contribution is 5.35. The van der Waals surface area contributed by atoms with Crippen molar-refractivity contribution in [3.05, 3.63) is 29.8 Å². The van der Waals surface area contributed by atoms with E-state index in [1.54, 1.807) is 7.11 Å². The van der Waals surface area contributed by atoms with Crippen molar-refractivity contribution >= 4 is 0 Å². The number of methoxy groups -OCH3 is 1. The fourth-order valence-corrected chi connectivity index (χ4v) is 3.31. The van der Waals surface area contributed by atoms with E-state index in [2.05, 4.69) is 38.2 Å². The van der Waals surface area contributed by atoms with Crippen LogP contribution in [0.4, 0.5) is 0 Å². The quantitative estimate of drug-likeness (QED) is 0.871. The lowest BCUT2D eigenvalue weighted by Crippen LogP contribution is -2.38. The van der Waals surface area contributed by atoms with Gasteiger partial charge in [0.15, 0.2) is 0 Å². The molecule has 1 aromatic rings. The first-order valence-electron chi connectivity index (χ1n) is 7.41. The lowest BCUT2D eigenvalue weighted by atomic mass is 9.75. The second-order valence-corrected chi connectivity index (χ2v) is 6.59. The van der Waals surface area contributed by atoms with Gasteiger partial charge in [-0.05, 0) is 37.7 Å². The molecule has 2 heteroatoms. The van der Waals surface area contributed by atoms with Crippen LogP contribution >= 0.6 is 0 Å². The van der Waals surface area contributed by atoms with E-state index < -0.39 is 0 Å². The first-order valence-corrected chi connectivity index (χ1v) is 7.41. The van der Waals surface area contributed by atoms with Gasteiger partial charge < -0.3 is 10.1 Å². The highest BCUT2D eigenvalue weighted by atomic mass is 16.5. The maximum Gasteiger partial charge on any atom is 0.123 e. The fourth-order valence-electron chi connectivity index (χ4n) is 3.31. The van der Waals surface area contributed by atoms with Gasteiger partial charge in [-0.3, -0.25) is 0 Å². The standard InChI is InChI=1S/C17H27NO/c1-13(15-9-5-6-10-16(15)19-4)18-14-8-7-11-17(2,3)12-14/h5-6,9-10,13-14,18H,7-8,11-12H2,1-4H3/t13-,14?/m0/s1. The van der Waals surface area contributed by atoms with Gasteiger partial charge in [0.25, 0.3) is 0 Å². The molecule has 106 valence electrons. The predicted molar refractivity (Wildman–Crippen MR) is 80.6 cm³/mol. The van der Waals surface area contributed by atoms with Crippen molar-refractivity contribution in [3.63, 3.8) is 0 Å². The highest BCUT2D eigenvalue weighted by Crippen LogP contribution is 2.36. The van der Waals surface area contributed by atoms with Crippen LogP contribution in [0, 0.1) is 5.41 Å². The number of rotatable bonds is 4. The maximum atomic E-state index is 5.46. The van der Waals surface area contributed by atoms with E-state index in [-0.39, 0.29) is 0 Å². The summed E-state index contributed by atoms with van der Waals surface area (Å²) in [4.78, 5) is 0. The number of para-hydroxylation sites is 1. The van der Waals surface area contributed by atoms with Gasteiger partial charge in [0.05, 0.1) is 7.11 Å². The van der Waals surface area contributed by atoms with Gasteiger partial charge in [-0.1, -0.05) is 38.5 Å². The first-order chi connectivity index (χ1) is 9.02. The summed E-state index contributed by atoms with van der Waals surface area (Å²) in [5.41, 5.74) is 1.74. The van der Waals surface area contributed by atoms with Crippen LogP contribution < -0.4 is 10.1 Å². The largest absolute Gasteiger partial charge is 0.496 e. The fraction of sp³-hybridized carbons (Fsp3) is 0.647. The van der Waals surface area contributed by atoms with Gasteiger partial charge in [0.1, 0.15) is 5.75 Å². The first kappa shape index (κ1) is 14.4. The molecule has 1 aromatic carbocycles. The Kier molecular flexibility index (Phi) is 4.51. The van der Waals surface area contributed by atoms with E-state index >= 15 is 0 Å². The summed E-state index contributed by atoms with van der Waals surface area (Å²) in [6, 6.07) is 9.28. The number of hydrogen-bond donors (Lipinski definition) is 1. The van der Waals surface area contributed by atoms with E-state index in [0.29, 0.717) is 17.5 Å². The van der Waals surface area contributed by atoms with Crippen molar-refractivity contribution < 1.29 is 4.74 Å². The highest BCUT2D eigenvalue weighted by Gasteiger charge is 2.28. The van der Waals surface area contributed by atoms with E-state index in [1.165, 1.54) is 31.2 Å². The maximum absolute atomic E-state index is 5.46. The van der Waals surface area contributed by atoms with Crippen molar-refractivity contribution in [2.24, 2.45) is 5.41 Å². The van der Waals surface area contributed by atoms with Crippen LogP contribution in [-0.4, -0.2) is 13.2 Å². The summed E-state index contributed by atoms with van der Waals surface area (Å²) >= 11 is 0. The Labute approximate surface area is 117 Å². The molecule has 19 heavy (non-hydrogen) atoms. The van der Waals surface area contributed by atoms with Crippen LogP contribution in [-0.2, 0) is 0 Å². The summed E-state index contributed by atoms with van der Waals surface area (Å²) < 4.78 is 5.46. The summed E-state index contributed by atoms with van der Waals surface area (Å²) in [6.45, 7) is 7.00. The molecule has 0 amide bonds. The smallest absolute Gasteiger partial charge is 0.123 e. The third-order valence-electron chi connectivity index (χ3n) is 4.30. The Hall–Kier alpha value is -1.02. The van der Waals surface area contributed by atoms with Crippen molar-refractivity contribution in [1.29, 1.82) is 0 Å². The van der Waals surface area contributed by atoms with E-state index in [9.17, 15) is 0 Å². The molecule has 0 heterocycles. The summed E-state index contributed by atoms with van der Waals surface area (Å²) in [7, 11) is 1.75. The molecular formula is C17H27NO. The monoisotopic (exact) mass is 261 g/mol. The zero-order valence-corrected chi connectivity index (χ0v) is 12.7. The summed E-state index contributed by atoms with van der Waals surface area (Å²) in [6.07, 6.45) is 5.26. The van der Waals surface area contributed by atoms with Crippen LogP contribution in [0.2, 0.25) is 0 Å². The summed E-state index contributed by atoms with van der Waals surface area (Å²) in [5.74, 6) is 0.984. The molecule has 1 fully saturated rings. The Balaban J connectivity index is 2.02. The predicted octanol–water partition coefficient (Wildman–Crippen LogP) is 4.31. The molecule has 1 saturated carbocycles. The van der Waals surface area contributed by atoms with Gasteiger partial charge in [-0.25, -0.2) is 0 Å². The number of ether oxygens (including phenoxy) is 1. The molecule has 1 unspecified atom stereocenters. The molecule has 2 nitrogen and oxygen atoms in total. The Morgan fingerprint density at radius 1 is 1.32 bits per heavy atom. The lowest BCUT2D eigenvalue weighted by molar-refractivity contribution is 0.190. The second-order valence-electron chi connectivity index (χ2n) is 6.59. The molecule has 1 N–H and O–H groups in total. The third kappa shape index (κ3) is 3.73. The number of nitrogens with one attached hydrogen (secondary N) is 1. The molecule has 2 rings (SSSR count). The molecule has 2 atom stereocenters. The summed E-state index contributed by atoms with van der Waals surface area (Å²) in [5, 5.41) is 3.79. The zero-order valence-electron chi connectivity index (χ0n) is 12.7. The molecule has 1 aliphatic rings. The van der Waals surface area contributed by atoms with Crippen LogP contribution in [0.15, 0.2) is 24.3 Å². The van der Waals surface area contributed by atoms with Crippen molar-refractivity contribution in [2.45, 2.75) is 58.5 Å². The van der Waals surface area contributed by atoms with E-state index in [1.807, 2.05) is 12.1 Å². The van der Waals surface area contributed by atoms with Crippen molar-refractivity contribution in [2.75, 3.05) is 7.11 Å². The zero-order chi connectivity index (χ0) is 13.9. The number of hydrogen-bond acceptors (Lipinski definition) is 2. The minimum Gasteiger partial charge on any atom is -0.496 e. The Bertz CT molecular complexity index is 413. The molecule has 0 bridgehead atoms. The van der Waals surface area contributed by atoms with E-state index in [0.717, 1.165) is 5.75 Å². The van der Waals surface area contributed by atoms with Crippen molar-refractivity contribution in [1.82, 2.24) is 5.32 Å². The molecule has 0 radical (unpaired) electrons. The number of benzene rings is 1. The Morgan fingerprint density at radius 3 is 2.74 bits per heavy atom. The molecule has 0 aliphatic heterocycles. The van der Waals surface area contributed by atoms with Gasteiger partial charge in [-0.15, -0.1) is 0 Å². The topological polar surface area (TPSA) is 21.3 Å². The van der Waals surface area contributed by atoms with E-state index in [4.69, 9.17) is 4.74 Å². The second kappa shape index (κ2) is 5.96. The van der Waals surface area contributed by atoms with Gasteiger partial charge in [-0.2, -0.15) is 0 Å². The molecule has 0 aromatic heterocycles. The van der Waals surface area contributed by atoms with Crippen LogP contribution in [0.3, 0.4) is 0 Å². The van der Waals surface area contributed by atoms with Crippen molar-refractivity contribution in [3.8, 4) is 5.75 Å². The van der Waals surface area contributed by atoms with Gasteiger partial charge >= 0.3 is 0 Å². The lowest BCUT2D eigenvalue weighted by Gasteiger charge is -2.37. The van der Waals surface area contributed by atoms with Crippen LogP contribution in [0.1, 0.15) is 58.1 Å². The molecule has 0 spiro atoms. The molecule has 0 saturated heterocycles. The SMILES string of the molecule is COc1ccccc1[C@H](C)NC1CCCC(C)(C)C1. The minimum atomic E-state index is 0.343. The average molecular weight is 261 g/mol.